The molecule has 0 aliphatic rings. The van der Waals surface area contributed by atoms with E-state index >= 15 is 0 Å². The average molecular weight is 276 g/mol. The number of nitrogens with zero attached hydrogens (tertiary/aromatic N) is 3. The van der Waals surface area contributed by atoms with Crippen LogP contribution in [0.1, 0.15) is 27.9 Å². The van der Waals surface area contributed by atoms with Gasteiger partial charge in [-0.25, -0.2) is 4.98 Å². The number of nitrogens with two attached hydrogens (primary N) is 1. The number of pyridine rings is 1. The molecular weight excluding hydrogens is 256 g/mol. The Balaban J connectivity index is 2.13. The van der Waals surface area contributed by atoms with Crippen molar-refractivity contribution in [3.8, 4) is 0 Å². The van der Waals surface area contributed by atoms with Gasteiger partial charge in [-0.3, -0.25) is 9.88 Å². The highest BCUT2D eigenvalue weighted by atomic mass is 32.1. The maximum absolute atomic E-state index is 5.93. The van der Waals surface area contributed by atoms with E-state index < -0.39 is 0 Å². The van der Waals surface area contributed by atoms with Crippen LogP contribution >= 0.6 is 11.3 Å². The first kappa shape index (κ1) is 14.1. The van der Waals surface area contributed by atoms with Crippen molar-refractivity contribution in [1.82, 2.24) is 14.9 Å². The second kappa shape index (κ2) is 6.23. The van der Waals surface area contributed by atoms with Crippen LogP contribution in [0.5, 0.6) is 0 Å². The van der Waals surface area contributed by atoms with E-state index in [2.05, 4.69) is 28.0 Å². The second-order valence-electron chi connectivity index (χ2n) is 4.76. The predicted octanol–water partition coefficient (Wildman–Crippen LogP) is 2.29. The summed E-state index contributed by atoms with van der Waals surface area (Å²) >= 11 is 1.69. The Labute approximate surface area is 118 Å². The van der Waals surface area contributed by atoms with Crippen molar-refractivity contribution in [3.63, 3.8) is 0 Å². The van der Waals surface area contributed by atoms with Crippen molar-refractivity contribution in [2.45, 2.75) is 26.4 Å². The lowest BCUT2D eigenvalue weighted by molar-refractivity contribution is 0.243. The summed E-state index contributed by atoms with van der Waals surface area (Å²) in [6.07, 6.45) is 1.92. The van der Waals surface area contributed by atoms with Crippen molar-refractivity contribution in [3.05, 3.63) is 45.7 Å². The monoisotopic (exact) mass is 276 g/mol. The fourth-order valence-corrected chi connectivity index (χ4v) is 2.90. The fraction of sp³-hybridized carbons (Fsp3) is 0.429. The average Bonchev–Trinajstić information content (AvgIpc) is 2.78. The first-order chi connectivity index (χ1) is 9.11. The van der Waals surface area contributed by atoms with Gasteiger partial charge in [-0.15, -0.1) is 11.3 Å². The second-order valence-corrected chi connectivity index (χ2v) is 5.70. The fourth-order valence-electron chi connectivity index (χ4n) is 2.06. The van der Waals surface area contributed by atoms with E-state index in [1.54, 1.807) is 11.3 Å². The molecule has 0 spiro atoms. The van der Waals surface area contributed by atoms with Crippen LogP contribution in [0.4, 0.5) is 0 Å². The molecule has 0 saturated carbocycles. The molecule has 1 unspecified atom stereocenters. The van der Waals surface area contributed by atoms with E-state index in [1.807, 2.05) is 31.6 Å². The number of likely N-dealkylation sites (N-methyl/N-ethyl adjacent to an activating group) is 1. The van der Waals surface area contributed by atoms with Crippen LogP contribution < -0.4 is 5.73 Å². The Hall–Kier alpha value is -1.30. The summed E-state index contributed by atoms with van der Waals surface area (Å²) in [5, 5.41) is 0. The van der Waals surface area contributed by atoms with E-state index in [-0.39, 0.29) is 6.04 Å². The highest BCUT2D eigenvalue weighted by Gasteiger charge is 2.17. The minimum atomic E-state index is 0.189. The number of rotatable bonds is 5. The standard InChI is InChI=1S/C14H20N4S/c1-10-4-5-12(7-16-10)13(6-15)18(3)8-14-11(2)17-9-19-14/h4-5,7,9,13H,6,8,15H2,1-3H3. The number of aryl methyl sites for hydroxylation is 2. The molecule has 19 heavy (non-hydrogen) atoms. The molecule has 0 aliphatic heterocycles. The number of thiazole rings is 1. The summed E-state index contributed by atoms with van der Waals surface area (Å²) in [5.74, 6) is 0. The molecule has 0 saturated heterocycles. The summed E-state index contributed by atoms with van der Waals surface area (Å²) in [5.41, 5.74) is 11.1. The van der Waals surface area contributed by atoms with Gasteiger partial charge in [-0.1, -0.05) is 6.07 Å². The smallest absolute Gasteiger partial charge is 0.0798 e. The van der Waals surface area contributed by atoms with Gasteiger partial charge in [0, 0.05) is 35.9 Å². The van der Waals surface area contributed by atoms with Crippen LogP contribution in [0.25, 0.3) is 0 Å². The van der Waals surface area contributed by atoms with Gasteiger partial charge in [-0.05, 0) is 32.5 Å². The lowest BCUT2D eigenvalue weighted by Gasteiger charge is -2.26. The number of aromatic nitrogens is 2. The molecule has 2 aromatic rings. The van der Waals surface area contributed by atoms with E-state index in [0.29, 0.717) is 6.54 Å². The van der Waals surface area contributed by atoms with E-state index in [9.17, 15) is 0 Å². The van der Waals surface area contributed by atoms with E-state index in [0.717, 1.165) is 23.5 Å². The van der Waals surface area contributed by atoms with Crippen molar-refractivity contribution in [2.24, 2.45) is 5.73 Å². The molecule has 0 bridgehead atoms. The van der Waals surface area contributed by atoms with Crippen LogP contribution in [-0.4, -0.2) is 28.5 Å². The van der Waals surface area contributed by atoms with Gasteiger partial charge < -0.3 is 5.73 Å². The maximum atomic E-state index is 5.93. The molecule has 4 nitrogen and oxygen atoms in total. The van der Waals surface area contributed by atoms with Crippen LogP contribution in [0.2, 0.25) is 0 Å². The zero-order valence-corrected chi connectivity index (χ0v) is 12.4. The van der Waals surface area contributed by atoms with Crippen molar-refractivity contribution < 1.29 is 0 Å². The SMILES string of the molecule is Cc1ccc(C(CN)N(C)Cc2scnc2C)cn1. The van der Waals surface area contributed by atoms with Gasteiger partial charge in [0.1, 0.15) is 0 Å². The molecular formula is C14H20N4S. The molecule has 0 amide bonds. The summed E-state index contributed by atoms with van der Waals surface area (Å²) in [6, 6.07) is 4.33. The molecule has 2 N–H and O–H groups in total. The molecule has 0 fully saturated rings. The molecule has 102 valence electrons. The van der Waals surface area contributed by atoms with Gasteiger partial charge in [0.15, 0.2) is 0 Å². The zero-order valence-electron chi connectivity index (χ0n) is 11.6. The summed E-state index contributed by atoms with van der Waals surface area (Å²) < 4.78 is 0. The van der Waals surface area contributed by atoms with Gasteiger partial charge >= 0.3 is 0 Å². The highest BCUT2D eigenvalue weighted by Crippen LogP contribution is 2.22. The summed E-state index contributed by atoms with van der Waals surface area (Å²) in [7, 11) is 2.09. The molecule has 5 heteroatoms. The largest absolute Gasteiger partial charge is 0.329 e. The van der Waals surface area contributed by atoms with Gasteiger partial charge in [0.2, 0.25) is 0 Å². The summed E-state index contributed by atoms with van der Waals surface area (Å²) in [4.78, 5) is 12.2. The minimum Gasteiger partial charge on any atom is -0.329 e. The Morgan fingerprint density at radius 3 is 2.63 bits per heavy atom. The molecule has 0 radical (unpaired) electrons. The first-order valence-corrected chi connectivity index (χ1v) is 7.21. The Bertz CT molecular complexity index is 520. The number of hydrogen-bond donors (Lipinski definition) is 1. The third-order valence-corrected chi connectivity index (χ3v) is 4.23. The minimum absolute atomic E-state index is 0.189. The van der Waals surface area contributed by atoms with Crippen molar-refractivity contribution in [2.75, 3.05) is 13.6 Å². The van der Waals surface area contributed by atoms with Crippen molar-refractivity contribution >= 4 is 11.3 Å². The predicted molar refractivity (Wildman–Crippen MR) is 79.1 cm³/mol. The van der Waals surface area contributed by atoms with Crippen LogP contribution in [0, 0.1) is 13.8 Å². The van der Waals surface area contributed by atoms with Crippen LogP contribution in [0.15, 0.2) is 23.8 Å². The Morgan fingerprint density at radius 1 is 1.32 bits per heavy atom. The zero-order chi connectivity index (χ0) is 13.8. The third-order valence-electron chi connectivity index (χ3n) is 3.31. The molecule has 2 rings (SSSR count). The van der Waals surface area contributed by atoms with Crippen molar-refractivity contribution in [1.29, 1.82) is 0 Å². The molecule has 1 atom stereocenters. The Morgan fingerprint density at radius 2 is 2.11 bits per heavy atom. The molecule has 2 heterocycles. The third kappa shape index (κ3) is 3.37. The normalized spacial score (nSPS) is 12.9. The van der Waals surface area contributed by atoms with E-state index in [4.69, 9.17) is 5.73 Å². The highest BCUT2D eigenvalue weighted by molar-refractivity contribution is 7.09. The van der Waals surface area contributed by atoms with Crippen LogP contribution in [0.3, 0.4) is 0 Å². The quantitative estimate of drug-likeness (QED) is 0.910. The topological polar surface area (TPSA) is 55.0 Å². The molecule has 2 aromatic heterocycles. The van der Waals surface area contributed by atoms with E-state index in [1.165, 1.54) is 4.88 Å². The number of hydrogen-bond acceptors (Lipinski definition) is 5. The van der Waals surface area contributed by atoms with Gasteiger partial charge in [-0.2, -0.15) is 0 Å². The summed E-state index contributed by atoms with van der Waals surface area (Å²) in [6.45, 7) is 5.49. The van der Waals surface area contributed by atoms with Gasteiger partial charge in [0.25, 0.3) is 0 Å². The molecule has 0 aromatic carbocycles. The van der Waals surface area contributed by atoms with Crippen LogP contribution in [-0.2, 0) is 6.54 Å². The first-order valence-electron chi connectivity index (χ1n) is 6.33. The van der Waals surface area contributed by atoms with Gasteiger partial charge in [0.05, 0.1) is 11.2 Å². The lowest BCUT2D eigenvalue weighted by atomic mass is 10.1. The maximum Gasteiger partial charge on any atom is 0.0798 e. The lowest BCUT2D eigenvalue weighted by Crippen LogP contribution is -2.30. The Kier molecular flexibility index (Phi) is 4.63. The molecule has 0 aliphatic carbocycles.